The molecule has 5 heteroatoms. The summed E-state index contributed by atoms with van der Waals surface area (Å²) in [5.41, 5.74) is 1.65. The molecule has 0 aliphatic carbocycles. The summed E-state index contributed by atoms with van der Waals surface area (Å²) in [6, 6.07) is 5.59. The number of hydrogen-bond donors (Lipinski definition) is 1. The molecular formula is C12H11FN2O2. The van der Waals surface area contributed by atoms with Crippen molar-refractivity contribution in [1.29, 1.82) is 0 Å². The summed E-state index contributed by atoms with van der Waals surface area (Å²) >= 11 is 0. The minimum absolute atomic E-state index is 0.274. The standard InChI is InChI=1S/C12H11FN2O2/c1-7-5-9(13)3-4-10(7)12(16)14-11-6-8(2)15-17-11/h3-6H,1-2H3,(H,14,16). The highest BCUT2D eigenvalue weighted by Gasteiger charge is 2.11. The molecule has 0 spiro atoms. The van der Waals surface area contributed by atoms with Gasteiger partial charge in [0.1, 0.15) is 5.82 Å². The van der Waals surface area contributed by atoms with Gasteiger partial charge in [-0.05, 0) is 37.6 Å². The Labute approximate surface area is 97.4 Å². The van der Waals surface area contributed by atoms with E-state index in [1.165, 1.54) is 18.2 Å². The monoisotopic (exact) mass is 234 g/mol. The summed E-state index contributed by atoms with van der Waals surface area (Å²) in [5, 5.41) is 6.20. The normalized spacial score (nSPS) is 10.3. The molecule has 0 radical (unpaired) electrons. The van der Waals surface area contributed by atoms with Crippen molar-refractivity contribution in [2.24, 2.45) is 0 Å². The molecule has 1 aromatic carbocycles. The Morgan fingerprint density at radius 2 is 2.12 bits per heavy atom. The number of carbonyl (C=O) groups excluding carboxylic acids is 1. The fourth-order valence-corrected chi connectivity index (χ4v) is 1.48. The molecular weight excluding hydrogens is 223 g/mol. The van der Waals surface area contributed by atoms with Crippen LogP contribution < -0.4 is 5.32 Å². The van der Waals surface area contributed by atoms with Crippen molar-refractivity contribution in [3.8, 4) is 0 Å². The van der Waals surface area contributed by atoms with Crippen molar-refractivity contribution in [2.45, 2.75) is 13.8 Å². The van der Waals surface area contributed by atoms with Crippen molar-refractivity contribution in [1.82, 2.24) is 5.16 Å². The number of nitrogens with zero attached hydrogens (tertiary/aromatic N) is 1. The molecule has 1 aromatic heterocycles. The van der Waals surface area contributed by atoms with E-state index in [1.807, 2.05) is 0 Å². The summed E-state index contributed by atoms with van der Waals surface area (Å²) in [4.78, 5) is 11.8. The fourth-order valence-electron chi connectivity index (χ4n) is 1.48. The van der Waals surface area contributed by atoms with E-state index in [9.17, 15) is 9.18 Å². The Morgan fingerprint density at radius 3 is 2.71 bits per heavy atom. The zero-order chi connectivity index (χ0) is 12.4. The summed E-state index contributed by atoms with van der Waals surface area (Å²) in [5.74, 6) is -0.440. The second-order valence-corrected chi connectivity index (χ2v) is 3.75. The van der Waals surface area contributed by atoms with Crippen molar-refractivity contribution >= 4 is 11.8 Å². The lowest BCUT2D eigenvalue weighted by Gasteiger charge is -2.04. The highest BCUT2D eigenvalue weighted by Crippen LogP contribution is 2.14. The van der Waals surface area contributed by atoms with Gasteiger partial charge in [0.15, 0.2) is 0 Å². The van der Waals surface area contributed by atoms with Crippen LogP contribution in [0.15, 0.2) is 28.8 Å². The number of halogens is 1. The van der Waals surface area contributed by atoms with Crippen molar-refractivity contribution in [3.05, 3.63) is 46.9 Å². The van der Waals surface area contributed by atoms with Crippen LogP contribution >= 0.6 is 0 Å². The first-order chi connectivity index (χ1) is 8.06. The quantitative estimate of drug-likeness (QED) is 0.869. The molecule has 4 nitrogen and oxygen atoms in total. The lowest BCUT2D eigenvalue weighted by molar-refractivity contribution is 0.102. The first-order valence-electron chi connectivity index (χ1n) is 5.07. The predicted octanol–water partition coefficient (Wildman–Crippen LogP) is 2.68. The van der Waals surface area contributed by atoms with Gasteiger partial charge in [0.2, 0.25) is 5.88 Å². The SMILES string of the molecule is Cc1cc(NC(=O)c2ccc(F)cc2C)on1. The lowest BCUT2D eigenvalue weighted by Crippen LogP contribution is -2.12. The largest absolute Gasteiger partial charge is 0.338 e. The van der Waals surface area contributed by atoms with Gasteiger partial charge in [0.05, 0.1) is 5.69 Å². The first kappa shape index (κ1) is 11.3. The number of amides is 1. The zero-order valence-electron chi connectivity index (χ0n) is 9.45. The van der Waals surface area contributed by atoms with Gasteiger partial charge in [-0.3, -0.25) is 10.1 Å². The van der Waals surface area contributed by atoms with Crippen LogP contribution in [-0.2, 0) is 0 Å². The molecule has 0 aliphatic heterocycles. The number of anilines is 1. The molecule has 1 heterocycles. The topological polar surface area (TPSA) is 55.1 Å². The van der Waals surface area contributed by atoms with Gasteiger partial charge in [0, 0.05) is 11.6 Å². The van der Waals surface area contributed by atoms with E-state index < -0.39 is 0 Å². The van der Waals surface area contributed by atoms with Gasteiger partial charge in [-0.25, -0.2) is 4.39 Å². The maximum Gasteiger partial charge on any atom is 0.258 e. The van der Waals surface area contributed by atoms with Crippen molar-refractivity contribution in [3.63, 3.8) is 0 Å². The van der Waals surface area contributed by atoms with Crippen molar-refractivity contribution < 1.29 is 13.7 Å². The number of carbonyl (C=O) groups is 1. The molecule has 0 bridgehead atoms. The number of benzene rings is 1. The average Bonchev–Trinajstić information content (AvgIpc) is 2.63. The molecule has 88 valence electrons. The molecule has 17 heavy (non-hydrogen) atoms. The molecule has 0 unspecified atom stereocenters. The number of aromatic nitrogens is 1. The van der Waals surface area contributed by atoms with Crippen LogP contribution in [0.2, 0.25) is 0 Å². The Morgan fingerprint density at radius 1 is 1.35 bits per heavy atom. The summed E-state index contributed by atoms with van der Waals surface area (Å²) in [7, 11) is 0. The lowest BCUT2D eigenvalue weighted by atomic mass is 10.1. The summed E-state index contributed by atoms with van der Waals surface area (Å²) in [6.07, 6.45) is 0. The highest BCUT2D eigenvalue weighted by atomic mass is 19.1. The minimum Gasteiger partial charge on any atom is -0.338 e. The van der Waals surface area contributed by atoms with Crippen LogP contribution in [0.5, 0.6) is 0 Å². The maximum atomic E-state index is 12.9. The highest BCUT2D eigenvalue weighted by molar-refractivity contribution is 6.04. The number of rotatable bonds is 2. The van der Waals surface area contributed by atoms with Gasteiger partial charge in [-0.1, -0.05) is 5.16 Å². The third kappa shape index (κ3) is 2.50. The van der Waals surface area contributed by atoms with E-state index in [2.05, 4.69) is 10.5 Å². The Kier molecular flexibility index (Phi) is 2.91. The molecule has 1 amide bonds. The second kappa shape index (κ2) is 4.37. The Hall–Kier alpha value is -2.17. The number of nitrogens with one attached hydrogen (secondary N) is 1. The van der Waals surface area contributed by atoms with Crippen LogP contribution in [-0.4, -0.2) is 11.1 Å². The molecule has 2 aromatic rings. The van der Waals surface area contributed by atoms with Crippen molar-refractivity contribution in [2.75, 3.05) is 5.32 Å². The first-order valence-corrected chi connectivity index (χ1v) is 5.07. The molecule has 1 N–H and O–H groups in total. The van der Waals surface area contributed by atoms with Gasteiger partial charge in [-0.15, -0.1) is 0 Å². The number of hydrogen-bond acceptors (Lipinski definition) is 3. The van der Waals surface area contributed by atoms with Crippen LogP contribution in [0.1, 0.15) is 21.6 Å². The molecule has 2 rings (SSSR count). The van der Waals surface area contributed by atoms with Gasteiger partial charge >= 0.3 is 0 Å². The van der Waals surface area contributed by atoms with Crippen LogP contribution in [0, 0.1) is 19.7 Å². The third-order valence-electron chi connectivity index (χ3n) is 2.30. The fraction of sp³-hybridized carbons (Fsp3) is 0.167. The number of aryl methyl sites for hydroxylation is 2. The Balaban J connectivity index is 2.20. The van der Waals surface area contributed by atoms with E-state index in [0.29, 0.717) is 16.8 Å². The minimum atomic E-state index is -0.366. The average molecular weight is 234 g/mol. The molecule has 0 aliphatic rings. The zero-order valence-corrected chi connectivity index (χ0v) is 9.45. The summed E-state index contributed by atoms with van der Waals surface area (Å²) < 4.78 is 17.7. The second-order valence-electron chi connectivity index (χ2n) is 3.75. The van der Waals surface area contributed by atoms with E-state index in [0.717, 1.165) is 0 Å². The predicted molar refractivity (Wildman–Crippen MR) is 60.3 cm³/mol. The van der Waals surface area contributed by atoms with E-state index in [1.54, 1.807) is 19.9 Å². The molecule has 0 atom stereocenters. The van der Waals surface area contributed by atoms with Gasteiger partial charge in [-0.2, -0.15) is 0 Å². The van der Waals surface area contributed by atoms with Gasteiger partial charge < -0.3 is 4.52 Å². The van der Waals surface area contributed by atoms with E-state index >= 15 is 0 Å². The molecule has 0 saturated heterocycles. The van der Waals surface area contributed by atoms with E-state index in [4.69, 9.17) is 4.52 Å². The summed E-state index contributed by atoms with van der Waals surface area (Å²) in [6.45, 7) is 3.42. The smallest absolute Gasteiger partial charge is 0.258 e. The molecule has 0 saturated carbocycles. The Bertz CT molecular complexity index is 563. The maximum absolute atomic E-state index is 12.9. The van der Waals surface area contributed by atoms with Crippen LogP contribution in [0.25, 0.3) is 0 Å². The van der Waals surface area contributed by atoms with Crippen LogP contribution in [0.3, 0.4) is 0 Å². The van der Waals surface area contributed by atoms with Crippen LogP contribution in [0.4, 0.5) is 10.3 Å². The van der Waals surface area contributed by atoms with E-state index in [-0.39, 0.29) is 17.6 Å². The van der Waals surface area contributed by atoms with Gasteiger partial charge in [0.25, 0.3) is 5.91 Å². The third-order valence-corrected chi connectivity index (χ3v) is 2.30. The molecule has 0 fully saturated rings.